The summed E-state index contributed by atoms with van der Waals surface area (Å²) in [6.45, 7) is 11.0. The van der Waals surface area contributed by atoms with Crippen molar-refractivity contribution in [1.82, 2.24) is 9.29 Å². The van der Waals surface area contributed by atoms with Crippen LogP contribution >= 0.6 is 0 Å². The average Bonchev–Trinajstić information content (AvgIpc) is 2.58. The van der Waals surface area contributed by atoms with Crippen LogP contribution in [0.4, 0.5) is 5.82 Å². The highest BCUT2D eigenvalue weighted by Crippen LogP contribution is 2.31. The second-order valence-corrected chi connectivity index (χ2v) is 8.91. The summed E-state index contributed by atoms with van der Waals surface area (Å²) in [5.74, 6) is -0.0322. The second-order valence-electron chi connectivity index (χ2n) is 6.93. The van der Waals surface area contributed by atoms with Crippen molar-refractivity contribution in [3.05, 3.63) is 51.7 Å². The Morgan fingerprint density at radius 1 is 0.963 bits per heavy atom. The summed E-state index contributed by atoms with van der Waals surface area (Å²) in [7, 11) is -2.39. The van der Waals surface area contributed by atoms with Crippen molar-refractivity contribution in [2.75, 3.05) is 18.9 Å². The zero-order valence-corrected chi connectivity index (χ0v) is 17.8. The van der Waals surface area contributed by atoms with Gasteiger partial charge in [-0.2, -0.15) is 4.31 Å². The highest BCUT2D eigenvalue weighted by Gasteiger charge is 2.28. The standard InChI is InChI=1S/C20H27N3O3S/c1-12-9-8-10-18(21-12)22-19(24)11-23(7)27(25,26)20-16(5)14(3)13(2)15(4)17(20)6/h8-10H,11H2,1-7H3,(H,21,22,24). The van der Waals surface area contributed by atoms with Crippen molar-refractivity contribution in [3.8, 4) is 0 Å². The maximum atomic E-state index is 13.2. The molecule has 0 saturated heterocycles. The zero-order chi connectivity index (χ0) is 20.5. The predicted molar refractivity (Wildman–Crippen MR) is 108 cm³/mol. The summed E-state index contributed by atoms with van der Waals surface area (Å²) in [5, 5.41) is 2.64. The van der Waals surface area contributed by atoms with E-state index >= 15 is 0 Å². The van der Waals surface area contributed by atoms with Crippen LogP contribution in [-0.4, -0.2) is 37.2 Å². The molecular weight excluding hydrogens is 362 g/mol. The van der Waals surface area contributed by atoms with Gasteiger partial charge in [-0.3, -0.25) is 4.79 Å². The van der Waals surface area contributed by atoms with Crippen LogP contribution in [-0.2, 0) is 14.8 Å². The number of likely N-dealkylation sites (N-methyl/N-ethyl adjacent to an activating group) is 1. The molecule has 7 heteroatoms. The Morgan fingerprint density at radius 2 is 1.48 bits per heavy atom. The number of aromatic nitrogens is 1. The van der Waals surface area contributed by atoms with Crippen molar-refractivity contribution < 1.29 is 13.2 Å². The number of aryl methyl sites for hydroxylation is 1. The van der Waals surface area contributed by atoms with Gasteiger partial charge in [-0.15, -0.1) is 0 Å². The SMILES string of the molecule is Cc1cccc(NC(=O)CN(C)S(=O)(=O)c2c(C)c(C)c(C)c(C)c2C)n1. The number of carbonyl (C=O) groups is 1. The van der Waals surface area contributed by atoms with E-state index in [0.717, 1.165) is 37.8 Å². The van der Waals surface area contributed by atoms with E-state index in [4.69, 9.17) is 0 Å². The number of pyridine rings is 1. The van der Waals surface area contributed by atoms with E-state index in [0.29, 0.717) is 5.82 Å². The lowest BCUT2D eigenvalue weighted by molar-refractivity contribution is -0.116. The largest absolute Gasteiger partial charge is 0.310 e. The molecule has 1 aromatic heterocycles. The molecule has 0 unspecified atom stereocenters. The zero-order valence-electron chi connectivity index (χ0n) is 17.0. The minimum atomic E-state index is -3.81. The fraction of sp³-hybridized carbons (Fsp3) is 0.400. The number of amides is 1. The third-order valence-corrected chi connectivity index (χ3v) is 7.20. The minimum Gasteiger partial charge on any atom is -0.310 e. The third-order valence-electron chi connectivity index (χ3n) is 5.12. The topological polar surface area (TPSA) is 79.4 Å². The van der Waals surface area contributed by atoms with Crippen LogP contribution in [0.5, 0.6) is 0 Å². The summed E-state index contributed by atoms with van der Waals surface area (Å²) in [6, 6.07) is 5.27. The van der Waals surface area contributed by atoms with E-state index in [1.807, 2.05) is 47.6 Å². The number of rotatable bonds is 5. The van der Waals surface area contributed by atoms with E-state index < -0.39 is 15.9 Å². The van der Waals surface area contributed by atoms with Gasteiger partial charge in [0.2, 0.25) is 15.9 Å². The Bertz CT molecular complexity index is 969. The third kappa shape index (κ3) is 4.20. The molecule has 0 fully saturated rings. The minimum absolute atomic E-state index is 0.284. The molecule has 1 aromatic carbocycles. The van der Waals surface area contributed by atoms with Gasteiger partial charge in [-0.25, -0.2) is 13.4 Å². The summed E-state index contributed by atoms with van der Waals surface area (Å²) in [5.41, 5.74) is 5.23. The molecule has 0 aliphatic rings. The molecule has 0 bridgehead atoms. The Balaban J connectivity index is 2.31. The van der Waals surface area contributed by atoms with Crippen molar-refractivity contribution in [2.45, 2.75) is 46.4 Å². The number of nitrogens with zero attached hydrogens (tertiary/aromatic N) is 2. The van der Waals surface area contributed by atoms with Crippen LogP contribution in [0.25, 0.3) is 0 Å². The predicted octanol–water partition coefficient (Wildman–Crippen LogP) is 3.19. The molecule has 1 heterocycles. The van der Waals surface area contributed by atoms with Crippen molar-refractivity contribution in [3.63, 3.8) is 0 Å². The molecule has 0 saturated carbocycles. The molecule has 0 radical (unpaired) electrons. The molecule has 27 heavy (non-hydrogen) atoms. The summed E-state index contributed by atoms with van der Waals surface area (Å²) in [6.07, 6.45) is 0. The molecule has 1 amide bonds. The molecule has 1 N–H and O–H groups in total. The normalized spacial score (nSPS) is 11.7. The van der Waals surface area contributed by atoms with Crippen LogP contribution in [0.15, 0.2) is 23.1 Å². The number of nitrogens with one attached hydrogen (secondary N) is 1. The molecule has 2 aromatic rings. The van der Waals surface area contributed by atoms with Gasteiger partial charge < -0.3 is 5.32 Å². The van der Waals surface area contributed by atoms with E-state index in [-0.39, 0.29) is 11.4 Å². The van der Waals surface area contributed by atoms with Crippen LogP contribution in [0.3, 0.4) is 0 Å². The Kier molecular flexibility index (Phi) is 6.07. The first-order valence-electron chi connectivity index (χ1n) is 8.73. The first-order valence-corrected chi connectivity index (χ1v) is 10.2. The summed E-state index contributed by atoms with van der Waals surface area (Å²) in [4.78, 5) is 16.8. The van der Waals surface area contributed by atoms with Gasteiger partial charge in [-0.05, 0) is 81.5 Å². The maximum Gasteiger partial charge on any atom is 0.243 e. The smallest absolute Gasteiger partial charge is 0.243 e. The van der Waals surface area contributed by atoms with Crippen molar-refractivity contribution in [2.24, 2.45) is 0 Å². The number of hydrogen-bond donors (Lipinski definition) is 1. The van der Waals surface area contributed by atoms with E-state index in [1.54, 1.807) is 12.1 Å². The fourth-order valence-electron chi connectivity index (χ4n) is 3.09. The highest BCUT2D eigenvalue weighted by atomic mass is 32.2. The van der Waals surface area contributed by atoms with E-state index in [2.05, 4.69) is 10.3 Å². The highest BCUT2D eigenvalue weighted by molar-refractivity contribution is 7.89. The lowest BCUT2D eigenvalue weighted by atomic mass is 9.95. The fourth-order valence-corrected chi connectivity index (χ4v) is 4.77. The van der Waals surface area contributed by atoms with Crippen molar-refractivity contribution in [1.29, 1.82) is 0 Å². The van der Waals surface area contributed by atoms with Gasteiger partial charge in [0.05, 0.1) is 11.4 Å². The van der Waals surface area contributed by atoms with Gasteiger partial charge in [0.25, 0.3) is 0 Å². The Labute approximate surface area is 161 Å². The van der Waals surface area contributed by atoms with Crippen LogP contribution in [0, 0.1) is 41.5 Å². The number of benzene rings is 1. The van der Waals surface area contributed by atoms with Gasteiger partial charge in [0, 0.05) is 12.7 Å². The Morgan fingerprint density at radius 3 is 2.00 bits per heavy atom. The molecular formula is C20H27N3O3S. The lowest BCUT2D eigenvalue weighted by Gasteiger charge is -2.23. The molecule has 0 atom stereocenters. The number of anilines is 1. The number of carbonyl (C=O) groups excluding carboxylic acids is 1. The molecule has 0 aliphatic heterocycles. The molecule has 6 nitrogen and oxygen atoms in total. The summed E-state index contributed by atoms with van der Waals surface area (Å²) >= 11 is 0. The molecule has 0 spiro atoms. The maximum absolute atomic E-state index is 13.2. The average molecular weight is 390 g/mol. The monoisotopic (exact) mass is 389 g/mol. The van der Waals surface area contributed by atoms with Gasteiger partial charge in [0.1, 0.15) is 5.82 Å². The number of hydrogen-bond acceptors (Lipinski definition) is 4. The lowest BCUT2D eigenvalue weighted by Crippen LogP contribution is -2.36. The quantitative estimate of drug-likeness (QED) is 0.852. The number of sulfonamides is 1. The van der Waals surface area contributed by atoms with Crippen LogP contribution in [0.2, 0.25) is 0 Å². The second kappa shape index (κ2) is 7.78. The molecule has 2 rings (SSSR count). The van der Waals surface area contributed by atoms with Crippen molar-refractivity contribution >= 4 is 21.7 Å². The Hall–Kier alpha value is -2.25. The van der Waals surface area contributed by atoms with Crippen LogP contribution < -0.4 is 5.32 Å². The van der Waals surface area contributed by atoms with Gasteiger partial charge >= 0.3 is 0 Å². The van der Waals surface area contributed by atoms with E-state index in [9.17, 15) is 13.2 Å². The first-order chi connectivity index (χ1) is 12.5. The molecule has 0 aliphatic carbocycles. The first kappa shape index (κ1) is 21.1. The molecule has 146 valence electrons. The van der Waals surface area contributed by atoms with Crippen LogP contribution in [0.1, 0.15) is 33.5 Å². The summed E-state index contributed by atoms with van der Waals surface area (Å²) < 4.78 is 27.4. The van der Waals surface area contributed by atoms with Gasteiger partial charge in [0.15, 0.2) is 0 Å². The van der Waals surface area contributed by atoms with E-state index in [1.165, 1.54) is 7.05 Å². The van der Waals surface area contributed by atoms with Gasteiger partial charge in [-0.1, -0.05) is 6.07 Å².